The molecule has 1 amide bonds. The van der Waals surface area contributed by atoms with E-state index < -0.39 is 0 Å². The van der Waals surface area contributed by atoms with Gasteiger partial charge in [-0.05, 0) is 43.2 Å². The van der Waals surface area contributed by atoms with Crippen LogP contribution in [0.3, 0.4) is 0 Å². The lowest BCUT2D eigenvalue weighted by molar-refractivity contribution is -0.119. The highest BCUT2D eigenvalue weighted by molar-refractivity contribution is 6.10. The third-order valence-electron chi connectivity index (χ3n) is 5.18. The predicted molar refractivity (Wildman–Crippen MR) is 107 cm³/mol. The van der Waals surface area contributed by atoms with Crippen LogP contribution in [-0.4, -0.2) is 33.3 Å². The number of fused-ring (bicyclic) bond motifs is 1. The average Bonchev–Trinajstić information content (AvgIpc) is 3.28. The van der Waals surface area contributed by atoms with Crippen LogP contribution in [0.2, 0.25) is 0 Å². The lowest BCUT2D eigenvalue weighted by Gasteiger charge is -2.18. The molecule has 4 aromatic rings. The number of hydrogen-bond acceptors (Lipinski definition) is 5. The van der Waals surface area contributed by atoms with Gasteiger partial charge >= 0.3 is 0 Å². The van der Waals surface area contributed by atoms with Crippen molar-refractivity contribution in [2.45, 2.75) is 12.8 Å². The minimum absolute atomic E-state index is 0.146. The number of ketones is 1. The van der Waals surface area contributed by atoms with Gasteiger partial charge in [0.1, 0.15) is 0 Å². The van der Waals surface area contributed by atoms with Gasteiger partial charge in [0, 0.05) is 30.4 Å². The van der Waals surface area contributed by atoms with Crippen molar-refractivity contribution in [1.82, 2.24) is 14.6 Å². The number of hydrogen-bond donors (Lipinski definition) is 0. The molecule has 0 saturated heterocycles. The lowest BCUT2D eigenvalue weighted by Crippen LogP contribution is -2.27. The normalized spacial score (nSPS) is 13.6. The number of aromatic nitrogens is 3. The Morgan fingerprint density at radius 2 is 2.03 bits per heavy atom. The second kappa shape index (κ2) is 6.70. The van der Waals surface area contributed by atoms with Crippen molar-refractivity contribution in [3.63, 3.8) is 0 Å². The first-order chi connectivity index (χ1) is 14.1. The van der Waals surface area contributed by atoms with Crippen molar-refractivity contribution in [3.05, 3.63) is 72.4 Å². The second-order valence-corrected chi connectivity index (χ2v) is 7.15. The zero-order chi connectivity index (χ0) is 20.0. The van der Waals surface area contributed by atoms with E-state index in [-0.39, 0.29) is 23.4 Å². The molecule has 0 atom stereocenters. The molecule has 1 aliphatic rings. The maximum atomic E-state index is 12.7. The van der Waals surface area contributed by atoms with Crippen molar-refractivity contribution in [1.29, 1.82) is 0 Å². The van der Waals surface area contributed by atoms with Crippen molar-refractivity contribution in [3.8, 4) is 11.3 Å². The van der Waals surface area contributed by atoms with Gasteiger partial charge in [-0.1, -0.05) is 12.1 Å². The van der Waals surface area contributed by atoms with E-state index in [9.17, 15) is 9.59 Å². The van der Waals surface area contributed by atoms with Crippen LogP contribution in [0.25, 0.3) is 16.9 Å². The molecule has 1 aromatic carbocycles. The van der Waals surface area contributed by atoms with Gasteiger partial charge in [-0.3, -0.25) is 9.59 Å². The SMILES string of the molecule is CN(C(=O)C1CC1)c1cccc(-c2ccnc3c(C(=O)c4ccco4)cnn23)c1. The van der Waals surface area contributed by atoms with Crippen LogP contribution in [-0.2, 0) is 4.79 Å². The smallest absolute Gasteiger partial charge is 0.233 e. The monoisotopic (exact) mass is 386 g/mol. The van der Waals surface area contributed by atoms with E-state index in [1.165, 1.54) is 12.5 Å². The first kappa shape index (κ1) is 17.4. The number of carbonyl (C=O) groups is 2. The largest absolute Gasteiger partial charge is 0.461 e. The zero-order valence-electron chi connectivity index (χ0n) is 15.8. The Labute approximate surface area is 166 Å². The lowest BCUT2D eigenvalue weighted by atomic mass is 10.1. The van der Waals surface area contributed by atoms with Gasteiger partial charge in [0.2, 0.25) is 11.7 Å². The molecule has 3 aromatic heterocycles. The molecule has 0 unspecified atom stereocenters. The summed E-state index contributed by atoms with van der Waals surface area (Å²) in [6.45, 7) is 0. The van der Waals surface area contributed by atoms with Crippen LogP contribution in [0.5, 0.6) is 0 Å². The summed E-state index contributed by atoms with van der Waals surface area (Å²) in [5, 5.41) is 4.38. The molecule has 5 rings (SSSR count). The minimum Gasteiger partial charge on any atom is -0.461 e. The van der Waals surface area contributed by atoms with Gasteiger partial charge in [0.25, 0.3) is 0 Å². The first-order valence-electron chi connectivity index (χ1n) is 9.42. The van der Waals surface area contributed by atoms with Crippen LogP contribution in [0.4, 0.5) is 5.69 Å². The van der Waals surface area contributed by atoms with E-state index in [4.69, 9.17) is 4.42 Å². The summed E-state index contributed by atoms with van der Waals surface area (Å²) in [5.74, 6) is 0.275. The summed E-state index contributed by atoms with van der Waals surface area (Å²) in [6.07, 6.45) is 6.55. The molecule has 1 aliphatic carbocycles. The van der Waals surface area contributed by atoms with Crippen LogP contribution >= 0.6 is 0 Å². The molecular formula is C22H18N4O3. The average molecular weight is 386 g/mol. The minimum atomic E-state index is -0.266. The number of carbonyl (C=O) groups excluding carboxylic acids is 2. The summed E-state index contributed by atoms with van der Waals surface area (Å²) in [5.41, 5.74) is 3.31. The maximum Gasteiger partial charge on any atom is 0.233 e. The topological polar surface area (TPSA) is 80.7 Å². The molecule has 7 heteroatoms. The molecular weight excluding hydrogens is 368 g/mol. The van der Waals surface area contributed by atoms with Crippen LogP contribution < -0.4 is 4.90 Å². The Bertz CT molecular complexity index is 1220. The van der Waals surface area contributed by atoms with Gasteiger partial charge in [-0.25, -0.2) is 9.50 Å². The molecule has 0 N–H and O–H groups in total. The maximum absolute atomic E-state index is 12.7. The van der Waals surface area contributed by atoms with Crippen LogP contribution in [0.15, 0.2) is 65.5 Å². The highest BCUT2D eigenvalue weighted by Gasteiger charge is 2.32. The fraction of sp³-hybridized carbons (Fsp3) is 0.182. The molecule has 29 heavy (non-hydrogen) atoms. The van der Waals surface area contributed by atoms with E-state index in [1.54, 1.807) is 34.8 Å². The Hall–Kier alpha value is -3.74. The third kappa shape index (κ3) is 3.00. The molecule has 0 radical (unpaired) electrons. The first-order valence-corrected chi connectivity index (χ1v) is 9.42. The highest BCUT2D eigenvalue weighted by Crippen LogP contribution is 2.33. The summed E-state index contributed by atoms with van der Waals surface area (Å²) < 4.78 is 6.86. The Morgan fingerprint density at radius 3 is 2.79 bits per heavy atom. The van der Waals surface area contributed by atoms with E-state index in [0.29, 0.717) is 11.2 Å². The van der Waals surface area contributed by atoms with Crippen LogP contribution in [0, 0.1) is 5.92 Å². The summed E-state index contributed by atoms with van der Waals surface area (Å²) in [4.78, 5) is 31.1. The van der Waals surface area contributed by atoms with Crippen molar-refractivity contribution < 1.29 is 14.0 Å². The van der Waals surface area contributed by atoms with E-state index in [0.717, 1.165) is 29.8 Å². The second-order valence-electron chi connectivity index (χ2n) is 7.15. The zero-order valence-corrected chi connectivity index (χ0v) is 15.8. The molecule has 144 valence electrons. The molecule has 0 bridgehead atoms. The Kier molecular flexibility index (Phi) is 4.01. The third-order valence-corrected chi connectivity index (χ3v) is 5.18. The number of amides is 1. The fourth-order valence-electron chi connectivity index (χ4n) is 3.42. The van der Waals surface area contributed by atoms with Gasteiger partial charge in [0.15, 0.2) is 11.4 Å². The van der Waals surface area contributed by atoms with Gasteiger partial charge in [-0.15, -0.1) is 0 Å². The molecule has 0 spiro atoms. The van der Waals surface area contributed by atoms with Crippen LogP contribution in [0.1, 0.15) is 29.0 Å². The van der Waals surface area contributed by atoms with Crippen molar-refractivity contribution >= 4 is 23.0 Å². The number of benzene rings is 1. The number of anilines is 1. The van der Waals surface area contributed by atoms with E-state index in [2.05, 4.69) is 10.1 Å². The molecule has 0 aliphatic heterocycles. The van der Waals surface area contributed by atoms with E-state index in [1.807, 2.05) is 30.3 Å². The number of nitrogens with zero attached hydrogens (tertiary/aromatic N) is 4. The summed E-state index contributed by atoms with van der Waals surface area (Å²) in [6, 6.07) is 12.8. The van der Waals surface area contributed by atoms with Crippen molar-refractivity contribution in [2.24, 2.45) is 5.92 Å². The quantitative estimate of drug-likeness (QED) is 0.490. The van der Waals surface area contributed by atoms with E-state index >= 15 is 0 Å². The molecule has 1 saturated carbocycles. The van der Waals surface area contributed by atoms with Gasteiger partial charge in [-0.2, -0.15) is 5.10 Å². The summed E-state index contributed by atoms with van der Waals surface area (Å²) >= 11 is 0. The van der Waals surface area contributed by atoms with Crippen molar-refractivity contribution in [2.75, 3.05) is 11.9 Å². The number of rotatable bonds is 5. The Morgan fingerprint density at radius 1 is 1.17 bits per heavy atom. The fourth-order valence-corrected chi connectivity index (χ4v) is 3.42. The van der Waals surface area contributed by atoms with Gasteiger partial charge in [0.05, 0.1) is 23.7 Å². The van der Waals surface area contributed by atoms with Gasteiger partial charge < -0.3 is 9.32 Å². The standard InChI is InChI=1S/C22H18N4O3/c1-25(22(28)14-7-8-14)16-5-2-4-15(12-16)18-9-10-23-21-17(13-24-26(18)21)20(27)19-6-3-11-29-19/h2-6,9-14H,7-8H2,1H3. The number of furan rings is 1. The summed E-state index contributed by atoms with van der Waals surface area (Å²) in [7, 11) is 1.80. The molecule has 1 fully saturated rings. The molecule has 3 heterocycles. The Balaban J connectivity index is 1.55. The predicted octanol–water partition coefficient (Wildman–Crippen LogP) is 3.59. The highest BCUT2D eigenvalue weighted by atomic mass is 16.3. The molecule has 7 nitrogen and oxygen atoms in total.